The van der Waals surface area contributed by atoms with E-state index in [1.807, 2.05) is 0 Å². The SMILES string of the molecule is CCCCCCC(=O)OC(=O)CCC1CCCC1. The van der Waals surface area contributed by atoms with Gasteiger partial charge < -0.3 is 4.74 Å². The van der Waals surface area contributed by atoms with Crippen LogP contribution in [0.25, 0.3) is 0 Å². The lowest BCUT2D eigenvalue weighted by Crippen LogP contribution is -2.13. The Morgan fingerprint density at radius 1 is 1.00 bits per heavy atom. The van der Waals surface area contributed by atoms with E-state index in [1.54, 1.807) is 0 Å². The van der Waals surface area contributed by atoms with Crippen LogP contribution in [0.5, 0.6) is 0 Å². The monoisotopic (exact) mass is 254 g/mol. The van der Waals surface area contributed by atoms with Crippen LogP contribution in [0.1, 0.15) is 77.6 Å². The van der Waals surface area contributed by atoms with E-state index in [9.17, 15) is 9.59 Å². The zero-order chi connectivity index (χ0) is 13.2. The first-order valence-corrected chi connectivity index (χ1v) is 7.46. The summed E-state index contributed by atoms with van der Waals surface area (Å²) in [6.45, 7) is 2.13. The first-order chi connectivity index (χ1) is 8.72. The quantitative estimate of drug-likeness (QED) is 0.373. The van der Waals surface area contributed by atoms with Crippen LogP contribution < -0.4 is 0 Å². The van der Waals surface area contributed by atoms with Gasteiger partial charge in [0.05, 0.1) is 0 Å². The Bertz CT molecular complexity index is 254. The van der Waals surface area contributed by atoms with Gasteiger partial charge in [0.1, 0.15) is 0 Å². The molecule has 0 heterocycles. The van der Waals surface area contributed by atoms with E-state index in [2.05, 4.69) is 6.92 Å². The van der Waals surface area contributed by atoms with Crippen LogP contribution in [0.2, 0.25) is 0 Å². The van der Waals surface area contributed by atoms with Crippen molar-refractivity contribution in [3.05, 3.63) is 0 Å². The summed E-state index contributed by atoms with van der Waals surface area (Å²) in [5.41, 5.74) is 0. The average Bonchev–Trinajstić information content (AvgIpc) is 2.85. The minimum Gasteiger partial charge on any atom is -0.393 e. The van der Waals surface area contributed by atoms with Crippen molar-refractivity contribution in [1.29, 1.82) is 0 Å². The van der Waals surface area contributed by atoms with Crippen molar-refractivity contribution in [3.8, 4) is 0 Å². The second-order valence-corrected chi connectivity index (χ2v) is 5.35. The lowest BCUT2D eigenvalue weighted by Gasteiger charge is -2.07. The van der Waals surface area contributed by atoms with Crippen LogP contribution in [0.4, 0.5) is 0 Å². The van der Waals surface area contributed by atoms with E-state index in [4.69, 9.17) is 4.74 Å². The molecule has 1 saturated carbocycles. The Hall–Kier alpha value is -0.860. The first kappa shape index (κ1) is 15.2. The number of hydrogen-bond donors (Lipinski definition) is 0. The Balaban J connectivity index is 2.01. The van der Waals surface area contributed by atoms with E-state index >= 15 is 0 Å². The van der Waals surface area contributed by atoms with E-state index in [1.165, 1.54) is 25.7 Å². The van der Waals surface area contributed by atoms with Gasteiger partial charge in [-0.3, -0.25) is 9.59 Å². The van der Waals surface area contributed by atoms with Gasteiger partial charge in [-0.2, -0.15) is 0 Å². The zero-order valence-corrected chi connectivity index (χ0v) is 11.6. The van der Waals surface area contributed by atoms with E-state index < -0.39 is 0 Å². The molecule has 0 saturated heterocycles. The highest BCUT2D eigenvalue weighted by Crippen LogP contribution is 2.28. The van der Waals surface area contributed by atoms with E-state index in [0.29, 0.717) is 18.8 Å². The van der Waals surface area contributed by atoms with Gasteiger partial charge >= 0.3 is 11.9 Å². The summed E-state index contributed by atoms with van der Waals surface area (Å²) in [5, 5.41) is 0. The van der Waals surface area contributed by atoms with Crippen molar-refractivity contribution in [2.75, 3.05) is 0 Å². The molecule has 3 nitrogen and oxygen atoms in total. The summed E-state index contributed by atoms with van der Waals surface area (Å²) in [4.78, 5) is 22.8. The summed E-state index contributed by atoms with van der Waals surface area (Å²) in [7, 11) is 0. The van der Waals surface area contributed by atoms with Gasteiger partial charge in [-0.25, -0.2) is 0 Å². The van der Waals surface area contributed by atoms with E-state index in [-0.39, 0.29) is 11.9 Å². The number of carbonyl (C=O) groups is 2. The van der Waals surface area contributed by atoms with Gasteiger partial charge in [-0.05, 0) is 18.8 Å². The smallest absolute Gasteiger partial charge is 0.313 e. The standard InChI is InChI=1S/C15H26O3/c1-2-3-4-5-10-14(16)18-15(17)12-11-13-8-6-7-9-13/h13H,2-12H2,1H3. The molecular weight excluding hydrogens is 228 g/mol. The van der Waals surface area contributed by atoms with Crippen molar-refractivity contribution < 1.29 is 14.3 Å². The van der Waals surface area contributed by atoms with E-state index in [0.717, 1.165) is 32.1 Å². The molecule has 0 aliphatic heterocycles. The van der Waals surface area contributed by atoms with Crippen LogP contribution >= 0.6 is 0 Å². The van der Waals surface area contributed by atoms with Crippen LogP contribution in [0.3, 0.4) is 0 Å². The molecule has 1 aliphatic carbocycles. The van der Waals surface area contributed by atoms with Gasteiger partial charge in [0, 0.05) is 12.8 Å². The zero-order valence-electron chi connectivity index (χ0n) is 11.6. The van der Waals surface area contributed by atoms with Crippen molar-refractivity contribution in [3.63, 3.8) is 0 Å². The lowest BCUT2D eigenvalue weighted by atomic mass is 10.0. The molecule has 1 aliphatic rings. The fraction of sp³-hybridized carbons (Fsp3) is 0.867. The number of esters is 2. The van der Waals surface area contributed by atoms with Gasteiger partial charge in [-0.1, -0.05) is 51.9 Å². The molecule has 0 unspecified atom stereocenters. The van der Waals surface area contributed by atoms with Crippen LogP contribution in [-0.4, -0.2) is 11.9 Å². The molecular formula is C15H26O3. The summed E-state index contributed by atoms with van der Waals surface area (Å²) in [5.74, 6) is 0.00197. The fourth-order valence-corrected chi connectivity index (χ4v) is 2.55. The molecule has 1 rings (SSSR count). The predicted octanol–water partition coefficient (Wildman–Crippen LogP) is 4.00. The maximum absolute atomic E-state index is 11.5. The molecule has 0 N–H and O–H groups in total. The molecule has 1 fully saturated rings. The molecule has 0 spiro atoms. The predicted molar refractivity (Wildman–Crippen MR) is 71.1 cm³/mol. The third-order valence-corrected chi connectivity index (χ3v) is 3.69. The number of hydrogen-bond acceptors (Lipinski definition) is 3. The van der Waals surface area contributed by atoms with Crippen LogP contribution in [-0.2, 0) is 14.3 Å². The number of ether oxygens (including phenoxy) is 1. The largest absolute Gasteiger partial charge is 0.393 e. The molecule has 0 amide bonds. The molecule has 0 aromatic heterocycles. The van der Waals surface area contributed by atoms with Crippen LogP contribution in [0, 0.1) is 5.92 Å². The third-order valence-electron chi connectivity index (χ3n) is 3.69. The maximum atomic E-state index is 11.5. The molecule has 18 heavy (non-hydrogen) atoms. The minimum atomic E-state index is -0.345. The number of carbonyl (C=O) groups excluding carboxylic acids is 2. The summed E-state index contributed by atoms with van der Waals surface area (Å²) < 4.78 is 4.81. The Labute approximate surface area is 110 Å². The lowest BCUT2D eigenvalue weighted by molar-refractivity contribution is -0.159. The Morgan fingerprint density at radius 2 is 1.67 bits per heavy atom. The van der Waals surface area contributed by atoms with Gasteiger partial charge in [0.2, 0.25) is 0 Å². The fourth-order valence-electron chi connectivity index (χ4n) is 2.55. The van der Waals surface area contributed by atoms with Crippen LogP contribution in [0.15, 0.2) is 0 Å². The normalized spacial score (nSPS) is 15.8. The topological polar surface area (TPSA) is 43.4 Å². The third kappa shape index (κ3) is 6.77. The summed E-state index contributed by atoms with van der Waals surface area (Å²) in [6, 6.07) is 0. The highest BCUT2D eigenvalue weighted by Gasteiger charge is 2.17. The van der Waals surface area contributed by atoms with Gasteiger partial charge in [0.15, 0.2) is 0 Å². The summed E-state index contributed by atoms with van der Waals surface area (Å²) >= 11 is 0. The number of rotatable bonds is 8. The highest BCUT2D eigenvalue weighted by atomic mass is 16.6. The molecule has 0 atom stereocenters. The van der Waals surface area contributed by atoms with Crippen molar-refractivity contribution in [1.82, 2.24) is 0 Å². The second-order valence-electron chi connectivity index (χ2n) is 5.35. The van der Waals surface area contributed by atoms with Crippen molar-refractivity contribution in [2.24, 2.45) is 5.92 Å². The molecule has 0 radical (unpaired) electrons. The van der Waals surface area contributed by atoms with Gasteiger partial charge in [0.25, 0.3) is 0 Å². The molecule has 0 aromatic carbocycles. The van der Waals surface area contributed by atoms with Crippen molar-refractivity contribution >= 4 is 11.9 Å². The van der Waals surface area contributed by atoms with Crippen molar-refractivity contribution in [2.45, 2.75) is 77.6 Å². The average molecular weight is 254 g/mol. The summed E-state index contributed by atoms with van der Waals surface area (Å²) in [6.07, 6.45) is 10.9. The first-order valence-electron chi connectivity index (χ1n) is 7.46. The number of unbranched alkanes of at least 4 members (excludes halogenated alkanes) is 3. The second kappa shape index (κ2) is 9.12. The molecule has 104 valence electrons. The highest BCUT2D eigenvalue weighted by molar-refractivity contribution is 5.85. The van der Waals surface area contributed by atoms with Gasteiger partial charge in [-0.15, -0.1) is 0 Å². The maximum Gasteiger partial charge on any atom is 0.313 e. The molecule has 0 aromatic rings. The minimum absolute atomic E-state index is 0.331. The Morgan fingerprint density at radius 3 is 2.33 bits per heavy atom. The molecule has 0 bridgehead atoms. The Kier molecular flexibility index (Phi) is 7.70. The molecule has 3 heteroatoms.